The zero-order chi connectivity index (χ0) is 14.1. The molecule has 0 aliphatic carbocycles. The molecule has 18 heavy (non-hydrogen) atoms. The molecule has 2 N–H and O–H groups in total. The van der Waals surface area contributed by atoms with Gasteiger partial charge in [0.1, 0.15) is 6.04 Å². The molecule has 0 amide bonds. The van der Waals surface area contributed by atoms with Crippen LogP contribution in [0.25, 0.3) is 0 Å². The van der Waals surface area contributed by atoms with Crippen molar-refractivity contribution >= 4 is 47.9 Å². The number of hydrogen-bond donors (Lipinski definition) is 2. The van der Waals surface area contributed by atoms with Crippen LogP contribution in [0.15, 0.2) is 26.0 Å². The Balaban J connectivity index is 3.21. The predicted octanol–water partition coefficient (Wildman–Crippen LogP) is 2.27. The van der Waals surface area contributed by atoms with Gasteiger partial charge in [-0.15, -0.1) is 0 Å². The second-order valence-electron chi connectivity index (χ2n) is 3.71. The van der Waals surface area contributed by atoms with Crippen LogP contribution in [0.4, 0.5) is 0 Å². The molecule has 1 aromatic rings. The van der Waals surface area contributed by atoms with Gasteiger partial charge in [-0.3, -0.25) is 4.79 Å². The molecule has 0 radical (unpaired) electrons. The monoisotopic (exact) mass is 399 g/mol. The first-order chi connectivity index (χ1) is 8.15. The molecule has 8 heteroatoms. The highest BCUT2D eigenvalue weighted by atomic mass is 79.9. The third kappa shape index (κ3) is 3.53. The Morgan fingerprint density at radius 3 is 2.39 bits per heavy atom. The summed E-state index contributed by atoms with van der Waals surface area (Å²) in [5, 5.41) is 8.71. The second kappa shape index (κ2) is 5.68. The Morgan fingerprint density at radius 2 is 1.89 bits per heavy atom. The summed E-state index contributed by atoms with van der Waals surface area (Å²) in [7, 11) is -3.88. The lowest BCUT2D eigenvalue weighted by Crippen LogP contribution is -2.38. The van der Waals surface area contributed by atoms with Crippen LogP contribution in [-0.2, 0) is 14.8 Å². The van der Waals surface area contributed by atoms with E-state index < -0.39 is 22.0 Å². The van der Waals surface area contributed by atoms with Gasteiger partial charge < -0.3 is 5.11 Å². The van der Waals surface area contributed by atoms with E-state index in [-0.39, 0.29) is 4.90 Å². The van der Waals surface area contributed by atoms with Crippen molar-refractivity contribution in [3.8, 4) is 0 Å². The van der Waals surface area contributed by atoms with Crippen molar-refractivity contribution in [2.75, 3.05) is 0 Å². The van der Waals surface area contributed by atoms with Gasteiger partial charge in [0.15, 0.2) is 0 Å². The van der Waals surface area contributed by atoms with Crippen molar-refractivity contribution in [2.24, 2.45) is 0 Å². The average Bonchev–Trinajstić information content (AvgIpc) is 2.22. The maximum absolute atomic E-state index is 12.0. The number of hydrogen-bond acceptors (Lipinski definition) is 3. The molecule has 0 heterocycles. The largest absolute Gasteiger partial charge is 0.480 e. The van der Waals surface area contributed by atoms with Crippen LogP contribution >= 0.6 is 31.9 Å². The van der Waals surface area contributed by atoms with Crippen LogP contribution in [0, 0.1) is 6.92 Å². The van der Waals surface area contributed by atoms with Gasteiger partial charge in [-0.1, -0.05) is 15.9 Å². The number of halogens is 2. The quantitative estimate of drug-likeness (QED) is 0.811. The number of carboxylic acids is 1. The minimum atomic E-state index is -3.88. The Labute approximate surface area is 122 Å². The zero-order valence-electron chi connectivity index (χ0n) is 9.57. The van der Waals surface area contributed by atoms with E-state index >= 15 is 0 Å². The Kier molecular flexibility index (Phi) is 4.93. The molecule has 1 atom stereocenters. The van der Waals surface area contributed by atoms with Gasteiger partial charge in [-0.05, 0) is 47.5 Å². The normalized spacial score (nSPS) is 13.3. The summed E-state index contributed by atoms with van der Waals surface area (Å²) in [6, 6.07) is 1.88. The highest BCUT2D eigenvalue weighted by Gasteiger charge is 2.24. The van der Waals surface area contributed by atoms with E-state index in [1.54, 1.807) is 6.07 Å². The van der Waals surface area contributed by atoms with Gasteiger partial charge in [0.25, 0.3) is 0 Å². The molecule has 1 unspecified atom stereocenters. The number of aliphatic carboxylic acids is 1. The average molecular weight is 401 g/mol. The predicted molar refractivity (Wildman–Crippen MR) is 74.0 cm³/mol. The summed E-state index contributed by atoms with van der Waals surface area (Å²) in [4.78, 5) is 10.7. The summed E-state index contributed by atoms with van der Waals surface area (Å²) >= 11 is 6.40. The lowest BCUT2D eigenvalue weighted by atomic mass is 10.2. The Bertz CT molecular complexity index is 586. The first-order valence-corrected chi connectivity index (χ1v) is 7.93. The van der Waals surface area contributed by atoms with Crippen molar-refractivity contribution in [3.05, 3.63) is 26.6 Å². The first kappa shape index (κ1) is 15.6. The van der Waals surface area contributed by atoms with Crippen molar-refractivity contribution in [3.63, 3.8) is 0 Å². The molecule has 1 rings (SSSR count). The molecule has 100 valence electrons. The lowest BCUT2D eigenvalue weighted by molar-refractivity contribution is -0.138. The molecule has 5 nitrogen and oxygen atoms in total. The van der Waals surface area contributed by atoms with Crippen LogP contribution < -0.4 is 4.72 Å². The van der Waals surface area contributed by atoms with Gasteiger partial charge in [0.05, 0.1) is 4.90 Å². The number of carboxylic acid groups (broad SMARTS) is 1. The fourth-order valence-corrected chi connectivity index (χ4v) is 4.05. The minimum Gasteiger partial charge on any atom is -0.480 e. The van der Waals surface area contributed by atoms with E-state index in [4.69, 9.17) is 5.11 Å². The highest BCUT2D eigenvalue weighted by Crippen LogP contribution is 2.28. The first-order valence-electron chi connectivity index (χ1n) is 4.86. The fourth-order valence-electron chi connectivity index (χ4n) is 1.18. The Morgan fingerprint density at radius 1 is 1.33 bits per heavy atom. The van der Waals surface area contributed by atoms with Crippen LogP contribution in [0.1, 0.15) is 12.5 Å². The molecule has 0 saturated carbocycles. The van der Waals surface area contributed by atoms with E-state index in [1.165, 1.54) is 13.0 Å². The molecule has 0 saturated heterocycles. The van der Waals surface area contributed by atoms with Crippen molar-refractivity contribution in [2.45, 2.75) is 24.8 Å². The number of rotatable bonds is 4. The molecule has 0 fully saturated rings. The third-order valence-electron chi connectivity index (χ3n) is 2.21. The second-order valence-corrected chi connectivity index (χ2v) is 7.10. The fraction of sp³-hybridized carbons (Fsp3) is 0.300. The van der Waals surface area contributed by atoms with E-state index in [9.17, 15) is 13.2 Å². The van der Waals surface area contributed by atoms with Gasteiger partial charge in [0.2, 0.25) is 10.0 Å². The summed E-state index contributed by atoms with van der Waals surface area (Å²) in [5.41, 5.74) is 0.868. The molecular formula is C10H11Br2NO4S. The molecular weight excluding hydrogens is 390 g/mol. The number of carbonyl (C=O) groups is 1. The van der Waals surface area contributed by atoms with Gasteiger partial charge in [0, 0.05) is 8.95 Å². The van der Waals surface area contributed by atoms with Crippen LogP contribution in [-0.4, -0.2) is 25.5 Å². The standard InChI is InChI=1S/C10H11Br2NO4S/c1-5-3-8(12)9(4-7(5)11)18(16,17)13-6(2)10(14)15/h3-4,6,13H,1-2H3,(H,14,15). The summed E-state index contributed by atoms with van der Waals surface area (Å²) in [6.07, 6.45) is 0. The molecule has 0 aromatic heterocycles. The number of aryl methyl sites for hydroxylation is 1. The number of benzene rings is 1. The zero-order valence-corrected chi connectivity index (χ0v) is 13.6. The van der Waals surface area contributed by atoms with Crippen molar-refractivity contribution in [1.29, 1.82) is 0 Å². The molecule has 0 aliphatic heterocycles. The highest BCUT2D eigenvalue weighted by molar-refractivity contribution is 9.11. The molecule has 0 aliphatic rings. The van der Waals surface area contributed by atoms with Gasteiger partial charge in [-0.2, -0.15) is 4.72 Å². The number of nitrogens with one attached hydrogen (secondary N) is 1. The smallest absolute Gasteiger partial charge is 0.321 e. The van der Waals surface area contributed by atoms with Crippen molar-refractivity contribution in [1.82, 2.24) is 4.72 Å². The molecule has 0 bridgehead atoms. The Hall–Kier alpha value is -0.440. The summed E-state index contributed by atoms with van der Waals surface area (Å²) < 4.78 is 27.1. The van der Waals surface area contributed by atoms with Gasteiger partial charge in [-0.25, -0.2) is 8.42 Å². The van der Waals surface area contributed by atoms with Gasteiger partial charge >= 0.3 is 5.97 Å². The maximum Gasteiger partial charge on any atom is 0.321 e. The lowest BCUT2D eigenvalue weighted by Gasteiger charge is -2.12. The topological polar surface area (TPSA) is 83.5 Å². The maximum atomic E-state index is 12.0. The number of sulfonamides is 1. The molecule has 1 aromatic carbocycles. The third-order valence-corrected chi connectivity index (χ3v) is 5.56. The van der Waals surface area contributed by atoms with Crippen LogP contribution in [0.5, 0.6) is 0 Å². The van der Waals surface area contributed by atoms with E-state index in [2.05, 4.69) is 36.6 Å². The van der Waals surface area contributed by atoms with E-state index in [0.29, 0.717) is 8.95 Å². The summed E-state index contributed by atoms with van der Waals surface area (Å²) in [5.74, 6) is -1.24. The van der Waals surface area contributed by atoms with E-state index in [1.807, 2.05) is 6.92 Å². The summed E-state index contributed by atoms with van der Waals surface area (Å²) in [6.45, 7) is 3.08. The molecule has 0 spiro atoms. The van der Waals surface area contributed by atoms with Crippen LogP contribution in [0.3, 0.4) is 0 Å². The SMILES string of the molecule is Cc1cc(Br)c(S(=O)(=O)NC(C)C(=O)O)cc1Br. The van der Waals surface area contributed by atoms with Crippen LogP contribution in [0.2, 0.25) is 0 Å². The van der Waals surface area contributed by atoms with E-state index in [0.717, 1.165) is 5.56 Å². The van der Waals surface area contributed by atoms with Crippen molar-refractivity contribution < 1.29 is 18.3 Å². The minimum absolute atomic E-state index is 0.00641.